The van der Waals surface area contributed by atoms with Gasteiger partial charge in [-0.05, 0) is 12.8 Å². The molecule has 1 aliphatic heterocycles. The monoisotopic (exact) mass is 285 g/mol. The first kappa shape index (κ1) is 15.3. The van der Waals surface area contributed by atoms with Crippen molar-refractivity contribution in [3.8, 4) is 0 Å². The molecule has 0 aliphatic carbocycles. The quantitative estimate of drug-likeness (QED) is 0.774. The second-order valence-corrected chi connectivity index (χ2v) is 6.55. The highest BCUT2D eigenvalue weighted by Crippen LogP contribution is 2.21. The lowest BCUT2D eigenvalue weighted by atomic mass is 10.1. The maximum Gasteiger partial charge on any atom is 0.255 e. The van der Waals surface area contributed by atoms with Crippen LogP contribution in [-0.2, 0) is 14.6 Å². The number of amides is 1. The summed E-state index contributed by atoms with van der Waals surface area (Å²) in [5.74, 6) is -0.894. The number of hydrogen-bond donors (Lipinski definition) is 1. The van der Waals surface area contributed by atoms with Gasteiger partial charge in [0.2, 0.25) is 5.91 Å². The highest BCUT2D eigenvalue weighted by Gasteiger charge is 2.37. The van der Waals surface area contributed by atoms with Gasteiger partial charge in [0, 0.05) is 6.54 Å². The summed E-state index contributed by atoms with van der Waals surface area (Å²) < 4.78 is 48.0. The number of nitrogens with zero attached hydrogens (tertiary/aromatic N) is 1. The van der Waals surface area contributed by atoms with Gasteiger partial charge in [-0.2, -0.15) is 0 Å². The molecule has 1 heterocycles. The van der Waals surface area contributed by atoms with E-state index in [9.17, 15) is 22.0 Å². The first-order valence-corrected chi connectivity index (χ1v) is 7.49. The van der Waals surface area contributed by atoms with Gasteiger partial charge in [-0.15, -0.1) is 0 Å². The normalized spacial score (nSPS) is 23.0. The van der Waals surface area contributed by atoms with Gasteiger partial charge in [0.25, 0.3) is 6.43 Å². The van der Waals surface area contributed by atoms with E-state index in [1.165, 1.54) is 0 Å². The number of hydrogen-bond acceptors (Lipinski definition) is 4. The molecule has 106 valence electrons. The standard InChI is InChI=1S/C10H17F2NO4S/c11-9(12)7-13(4-5-14)10(15)8-3-1-2-6-18(8,16)17/h8-9,14H,1-7H2. The molecule has 0 radical (unpaired) electrons. The summed E-state index contributed by atoms with van der Waals surface area (Å²) in [7, 11) is -3.54. The number of carbonyl (C=O) groups excluding carboxylic acids is 1. The summed E-state index contributed by atoms with van der Waals surface area (Å²) >= 11 is 0. The number of aliphatic hydroxyl groups excluding tert-OH is 1. The van der Waals surface area contributed by atoms with Crippen molar-refractivity contribution in [2.75, 3.05) is 25.4 Å². The molecular weight excluding hydrogens is 268 g/mol. The first-order chi connectivity index (χ1) is 8.38. The molecule has 1 rings (SSSR count). The van der Waals surface area contributed by atoms with Crippen molar-refractivity contribution in [3.05, 3.63) is 0 Å². The van der Waals surface area contributed by atoms with Crippen LogP contribution in [0.3, 0.4) is 0 Å². The number of halogens is 2. The van der Waals surface area contributed by atoms with Gasteiger partial charge in [-0.1, -0.05) is 6.42 Å². The molecule has 1 aliphatic rings. The maximum absolute atomic E-state index is 12.3. The van der Waals surface area contributed by atoms with Crippen LogP contribution in [-0.4, -0.2) is 61.5 Å². The molecule has 0 saturated carbocycles. The van der Waals surface area contributed by atoms with Gasteiger partial charge in [-0.3, -0.25) is 4.79 Å². The van der Waals surface area contributed by atoms with Crippen molar-refractivity contribution < 1.29 is 27.1 Å². The summed E-state index contributed by atoms with van der Waals surface area (Å²) in [5, 5.41) is 7.51. The number of sulfone groups is 1. The van der Waals surface area contributed by atoms with Crippen LogP contribution in [0.15, 0.2) is 0 Å². The highest BCUT2D eigenvalue weighted by atomic mass is 32.2. The fourth-order valence-electron chi connectivity index (χ4n) is 2.01. The highest BCUT2D eigenvalue weighted by molar-refractivity contribution is 7.92. The largest absolute Gasteiger partial charge is 0.395 e. The van der Waals surface area contributed by atoms with Crippen molar-refractivity contribution >= 4 is 15.7 Å². The zero-order valence-electron chi connectivity index (χ0n) is 9.89. The predicted molar refractivity (Wildman–Crippen MR) is 61.1 cm³/mol. The smallest absolute Gasteiger partial charge is 0.255 e. The van der Waals surface area contributed by atoms with E-state index in [4.69, 9.17) is 5.11 Å². The number of aliphatic hydroxyl groups is 1. The lowest BCUT2D eigenvalue weighted by molar-refractivity contribution is -0.133. The molecule has 1 unspecified atom stereocenters. The summed E-state index contributed by atoms with van der Waals surface area (Å²) in [6, 6.07) is 0. The lowest BCUT2D eigenvalue weighted by Gasteiger charge is -2.28. The molecule has 0 aromatic rings. The first-order valence-electron chi connectivity index (χ1n) is 5.78. The Morgan fingerprint density at radius 2 is 2.06 bits per heavy atom. The Morgan fingerprint density at radius 1 is 1.39 bits per heavy atom. The van der Waals surface area contributed by atoms with Crippen LogP contribution in [0.1, 0.15) is 19.3 Å². The summed E-state index contributed by atoms with van der Waals surface area (Å²) in [6.07, 6.45) is -1.48. The van der Waals surface area contributed by atoms with Crippen LogP contribution in [0.2, 0.25) is 0 Å². The average Bonchev–Trinajstić information content (AvgIpc) is 2.26. The molecule has 8 heteroatoms. The van der Waals surface area contributed by atoms with Gasteiger partial charge >= 0.3 is 0 Å². The molecule has 18 heavy (non-hydrogen) atoms. The molecule has 0 aromatic heterocycles. The van der Waals surface area contributed by atoms with Gasteiger partial charge in [0.1, 0.15) is 5.25 Å². The Balaban J connectivity index is 2.81. The third-order valence-electron chi connectivity index (χ3n) is 2.89. The van der Waals surface area contributed by atoms with E-state index >= 15 is 0 Å². The van der Waals surface area contributed by atoms with E-state index in [-0.39, 0.29) is 18.7 Å². The Bertz CT molecular complexity index is 385. The summed E-state index contributed by atoms with van der Waals surface area (Å²) in [6.45, 7) is -1.58. The Morgan fingerprint density at radius 3 is 2.56 bits per heavy atom. The fourth-order valence-corrected chi connectivity index (χ4v) is 3.89. The second kappa shape index (κ2) is 6.42. The minimum Gasteiger partial charge on any atom is -0.395 e. The van der Waals surface area contributed by atoms with E-state index in [0.717, 1.165) is 4.90 Å². The minimum atomic E-state index is -3.54. The van der Waals surface area contributed by atoms with E-state index in [2.05, 4.69) is 0 Å². The molecule has 0 bridgehead atoms. The fraction of sp³-hybridized carbons (Fsp3) is 0.900. The maximum atomic E-state index is 12.3. The van der Waals surface area contributed by atoms with Crippen molar-refractivity contribution in [1.82, 2.24) is 4.90 Å². The molecule has 1 N–H and O–H groups in total. The Hall–Kier alpha value is -0.760. The lowest BCUT2D eigenvalue weighted by Crippen LogP contribution is -2.47. The van der Waals surface area contributed by atoms with Gasteiger partial charge in [-0.25, -0.2) is 17.2 Å². The molecule has 1 fully saturated rings. The van der Waals surface area contributed by atoms with Crippen LogP contribution < -0.4 is 0 Å². The summed E-state index contributed by atoms with van der Waals surface area (Å²) in [4.78, 5) is 12.7. The number of rotatable bonds is 5. The van der Waals surface area contributed by atoms with E-state index in [0.29, 0.717) is 12.8 Å². The van der Waals surface area contributed by atoms with E-state index in [1.807, 2.05) is 0 Å². The molecule has 1 saturated heterocycles. The Kier molecular flexibility index (Phi) is 5.46. The molecule has 1 atom stereocenters. The zero-order valence-corrected chi connectivity index (χ0v) is 10.7. The van der Waals surface area contributed by atoms with Crippen molar-refractivity contribution in [3.63, 3.8) is 0 Å². The Labute approximate surface area is 105 Å². The van der Waals surface area contributed by atoms with Crippen LogP contribution >= 0.6 is 0 Å². The van der Waals surface area contributed by atoms with Gasteiger partial charge in [0.15, 0.2) is 9.84 Å². The molecule has 0 spiro atoms. The topological polar surface area (TPSA) is 74.7 Å². The van der Waals surface area contributed by atoms with E-state index in [1.54, 1.807) is 0 Å². The second-order valence-electron chi connectivity index (χ2n) is 4.25. The van der Waals surface area contributed by atoms with Gasteiger partial charge < -0.3 is 10.0 Å². The van der Waals surface area contributed by atoms with Gasteiger partial charge in [0.05, 0.1) is 18.9 Å². The zero-order chi connectivity index (χ0) is 13.8. The number of carbonyl (C=O) groups is 1. The van der Waals surface area contributed by atoms with E-state index < -0.39 is 40.6 Å². The minimum absolute atomic E-state index is 0.0783. The van der Waals surface area contributed by atoms with Crippen molar-refractivity contribution in [2.24, 2.45) is 0 Å². The molecular formula is C10H17F2NO4S. The van der Waals surface area contributed by atoms with Crippen LogP contribution in [0.5, 0.6) is 0 Å². The predicted octanol–water partition coefficient (Wildman–Crippen LogP) is 0.0397. The molecule has 1 amide bonds. The van der Waals surface area contributed by atoms with Crippen molar-refractivity contribution in [2.45, 2.75) is 30.9 Å². The summed E-state index contributed by atoms with van der Waals surface area (Å²) in [5.41, 5.74) is 0. The average molecular weight is 285 g/mol. The third kappa shape index (κ3) is 3.88. The van der Waals surface area contributed by atoms with Crippen LogP contribution in [0.25, 0.3) is 0 Å². The SMILES string of the molecule is O=C(C1CCCCS1(=O)=O)N(CCO)CC(F)F. The molecule has 0 aromatic carbocycles. The van der Waals surface area contributed by atoms with Crippen LogP contribution in [0, 0.1) is 0 Å². The van der Waals surface area contributed by atoms with Crippen LogP contribution in [0.4, 0.5) is 8.78 Å². The third-order valence-corrected chi connectivity index (χ3v) is 5.06. The van der Waals surface area contributed by atoms with Crippen molar-refractivity contribution in [1.29, 1.82) is 0 Å². The number of alkyl halides is 2. The molecule has 5 nitrogen and oxygen atoms in total.